The molecule has 2 N–H and O–H groups in total. The van der Waals surface area contributed by atoms with Crippen molar-refractivity contribution in [1.29, 1.82) is 0 Å². The quantitative estimate of drug-likeness (QED) is 0.494. The Hall–Kier alpha value is -1.87. The Bertz CT molecular complexity index is 1020. The van der Waals surface area contributed by atoms with E-state index in [1.165, 1.54) is 0 Å². The van der Waals surface area contributed by atoms with Gasteiger partial charge in [-0.1, -0.05) is 39.1 Å². The lowest BCUT2D eigenvalue weighted by molar-refractivity contribution is -0.123. The first-order valence-electron chi connectivity index (χ1n) is 7.71. The number of halogens is 3. The number of nitrogens with zero attached hydrogens (tertiary/aromatic N) is 2. The molecule has 0 aliphatic rings. The van der Waals surface area contributed by atoms with E-state index in [1.54, 1.807) is 22.8 Å². The van der Waals surface area contributed by atoms with E-state index in [-0.39, 0.29) is 19.1 Å². The Kier molecular flexibility index (Phi) is 6.54. The minimum Gasteiger partial charge on any atom is -0.482 e. The summed E-state index contributed by atoms with van der Waals surface area (Å²) in [6, 6.07) is 12.4. The number of aromatic amines is 1. The van der Waals surface area contributed by atoms with E-state index in [0.29, 0.717) is 26.4 Å². The lowest BCUT2D eigenvalue weighted by Crippen LogP contribution is -2.29. The standard InChI is InChI=1S/C17H13BrCl2N4O2S/c18-10-1-4-12(5-2-10)24-15(22-23-17(24)27)8-21-16(25)9-26-14-6-3-11(19)7-13(14)20/h1-7H,8-9H2,(H,21,25)(H,23,27). The van der Waals surface area contributed by atoms with Gasteiger partial charge in [0.2, 0.25) is 0 Å². The van der Waals surface area contributed by atoms with E-state index >= 15 is 0 Å². The molecule has 0 saturated heterocycles. The van der Waals surface area contributed by atoms with Crippen LogP contribution in [-0.4, -0.2) is 27.3 Å². The first-order chi connectivity index (χ1) is 12.9. The Morgan fingerprint density at radius 2 is 2.00 bits per heavy atom. The second kappa shape index (κ2) is 8.88. The number of H-pyrrole nitrogens is 1. The Morgan fingerprint density at radius 1 is 1.26 bits per heavy atom. The molecule has 0 saturated carbocycles. The van der Waals surface area contributed by atoms with Gasteiger partial charge in [-0.25, -0.2) is 0 Å². The van der Waals surface area contributed by atoms with Crippen LogP contribution >= 0.6 is 51.3 Å². The maximum absolute atomic E-state index is 12.1. The van der Waals surface area contributed by atoms with Gasteiger partial charge < -0.3 is 10.1 Å². The molecule has 1 aromatic heterocycles. The Labute approximate surface area is 178 Å². The van der Waals surface area contributed by atoms with Crippen LogP contribution in [0, 0.1) is 4.77 Å². The number of amides is 1. The molecule has 0 bridgehead atoms. The second-order valence-electron chi connectivity index (χ2n) is 5.40. The van der Waals surface area contributed by atoms with Crippen molar-refractivity contribution in [2.75, 3.05) is 6.61 Å². The maximum atomic E-state index is 12.1. The van der Waals surface area contributed by atoms with Crippen LogP contribution in [0.15, 0.2) is 46.9 Å². The van der Waals surface area contributed by atoms with Crippen LogP contribution in [0.1, 0.15) is 5.82 Å². The fourth-order valence-electron chi connectivity index (χ4n) is 2.27. The number of hydrogen-bond donors (Lipinski definition) is 2. The third kappa shape index (κ3) is 5.10. The molecule has 1 amide bonds. The molecule has 27 heavy (non-hydrogen) atoms. The van der Waals surface area contributed by atoms with Gasteiger partial charge in [0, 0.05) is 15.2 Å². The van der Waals surface area contributed by atoms with Crippen LogP contribution in [-0.2, 0) is 11.3 Å². The van der Waals surface area contributed by atoms with Gasteiger partial charge in [0.15, 0.2) is 17.2 Å². The molecule has 1 heterocycles. The van der Waals surface area contributed by atoms with Gasteiger partial charge in [-0.15, -0.1) is 0 Å². The zero-order valence-electron chi connectivity index (χ0n) is 13.7. The van der Waals surface area contributed by atoms with Gasteiger partial charge in [-0.05, 0) is 54.7 Å². The molecule has 140 valence electrons. The topological polar surface area (TPSA) is 71.9 Å². The number of benzene rings is 2. The van der Waals surface area contributed by atoms with Crippen LogP contribution in [0.2, 0.25) is 10.0 Å². The van der Waals surface area contributed by atoms with E-state index < -0.39 is 0 Å². The van der Waals surface area contributed by atoms with Gasteiger partial charge >= 0.3 is 0 Å². The summed E-state index contributed by atoms with van der Waals surface area (Å²) in [7, 11) is 0. The molecule has 3 aromatic rings. The van der Waals surface area contributed by atoms with Crippen LogP contribution in [0.3, 0.4) is 0 Å². The number of carbonyl (C=O) groups excluding carboxylic acids is 1. The van der Waals surface area contributed by atoms with Crippen molar-refractivity contribution in [2.24, 2.45) is 0 Å². The first-order valence-corrected chi connectivity index (χ1v) is 9.66. The van der Waals surface area contributed by atoms with E-state index in [2.05, 4.69) is 31.4 Å². The number of carbonyl (C=O) groups is 1. The second-order valence-corrected chi connectivity index (χ2v) is 7.54. The summed E-state index contributed by atoms with van der Waals surface area (Å²) < 4.78 is 8.55. The fraction of sp³-hybridized carbons (Fsp3) is 0.118. The lowest BCUT2D eigenvalue weighted by Gasteiger charge is -2.10. The minimum absolute atomic E-state index is 0.180. The van der Waals surface area contributed by atoms with Crippen molar-refractivity contribution < 1.29 is 9.53 Å². The molecule has 0 aliphatic heterocycles. The van der Waals surface area contributed by atoms with E-state index in [4.69, 9.17) is 40.2 Å². The molecule has 3 rings (SSSR count). The summed E-state index contributed by atoms with van der Waals surface area (Å²) in [5.41, 5.74) is 0.838. The molecule has 10 heteroatoms. The first kappa shape index (κ1) is 19.9. The van der Waals surface area contributed by atoms with E-state index in [1.807, 2.05) is 24.3 Å². The van der Waals surface area contributed by atoms with Gasteiger partial charge in [0.1, 0.15) is 5.75 Å². The van der Waals surface area contributed by atoms with Crippen LogP contribution in [0.4, 0.5) is 0 Å². The molecule has 2 aromatic carbocycles. The van der Waals surface area contributed by atoms with Crippen molar-refractivity contribution in [1.82, 2.24) is 20.1 Å². The molecule has 0 atom stereocenters. The summed E-state index contributed by atoms with van der Waals surface area (Å²) in [5, 5.41) is 10.5. The van der Waals surface area contributed by atoms with Crippen molar-refractivity contribution >= 4 is 57.3 Å². The van der Waals surface area contributed by atoms with Crippen LogP contribution in [0.25, 0.3) is 5.69 Å². The Balaban J connectivity index is 1.62. The molecule has 0 radical (unpaired) electrons. The van der Waals surface area contributed by atoms with Crippen molar-refractivity contribution in [3.8, 4) is 11.4 Å². The molecular formula is C17H13BrCl2N4O2S. The SMILES string of the molecule is O=C(COc1ccc(Cl)cc1Cl)NCc1n[nH]c(=S)n1-c1ccc(Br)cc1. The van der Waals surface area contributed by atoms with Gasteiger partial charge in [0.05, 0.1) is 11.6 Å². The molecule has 0 spiro atoms. The summed E-state index contributed by atoms with van der Waals surface area (Å²) in [6.45, 7) is -0.00939. The van der Waals surface area contributed by atoms with Crippen molar-refractivity contribution in [3.63, 3.8) is 0 Å². The number of nitrogens with one attached hydrogen (secondary N) is 2. The lowest BCUT2D eigenvalue weighted by atomic mass is 10.3. The molecule has 0 unspecified atom stereocenters. The number of aromatic nitrogens is 3. The van der Waals surface area contributed by atoms with Crippen molar-refractivity contribution in [2.45, 2.75) is 6.54 Å². The summed E-state index contributed by atoms with van der Waals surface area (Å²) in [5.74, 6) is 0.631. The largest absolute Gasteiger partial charge is 0.482 e. The highest BCUT2D eigenvalue weighted by molar-refractivity contribution is 9.10. The fourth-order valence-corrected chi connectivity index (χ4v) is 3.25. The van der Waals surface area contributed by atoms with Gasteiger partial charge in [-0.3, -0.25) is 14.5 Å². The third-order valence-electron chi connectivity index (χ3n) is 3.52. The van der Waals surface area contributed by atoms with Gasteiger partial charge in [-0.2, -0.15) is 5.10 Å². The average Bonchev–Trinajstić information content (AvgIpc) is 3.00. The smallest absolute Gasteiger partial charge is 0.258 e. The number of rotatable bonds is 6. The van der Waals surface area contributed by atoms with Crippen molar-refractivity contribution in [3.05, 3.63) is 67.6 Å². The van der Waals surface area contributed by atoms with Gasteiger partial charge in [0.25, 0.3) is 5.91 Å². The molecule has 6 nitrogen and oxygen atoms in total. The Morgan fingerprint density at radius 3 is 2.70 bits per heavy atom. The summed E-state index contributed by atoms with van der Waals surface area (Å²) in [6.07, 6.45) is 0. The van der Waals surface area contributed by atoms with Crippen LogP contribution in [0.5, 0.6) is 5.75 Å². The molecule has 0 aliphatic carbocycles. The predicted octanol–water partition coefficient (Wildman–Crippen LogP) is 4.69. The summed E-state index contributed by atoms with van der Waals surface area (Å²) in [4.78, 5) is 12.1. The highest BCUT2D eigenvalue weighted by atomic mass is 79.9. The highest BCUT2D eigenvalue weighted by Crippen LogP contribution is 2.27. The zero-order valence-corrected chi connectivity index (χ0v) is 17.6. The number of hydrogen-bond acceptors (Lipinski definition) is 4. The third-order valence-corrected chi connectivity index (χ3v) is 4.86. The molecular weight excluding hydrogens is 475 g/mol. The highest BCUT2D eigenvalue weighted by Gasteiger charge is 2.11. The monoisotopic (exact) mass is 486 g/mol. The predicted molar refractivity (Wildman–Crippen MR) is 110 cm³/mol. The maximum Gasteiger partial charge on any atom is 0.258 e. The summed E-state index contributed by atoms with van der Waals surface area (Å²) >= 11 is 20.5. The minimum atomic E-state index is -0.322. The normalized spacial score (nSPS) is 10.6. The van der Waals surface area contributed by atoms with E-state index in [9.17, 15) is 4.79 Å². The molecule has 0 fully saturated rings. The zero-order chi connectivity index (χ0) is 19.4. The van der Waals surface area contributed by atoms with Crippen LogP contribution < -0.4 is 10.1 Å². The number of ether oxygens (including phenoxy) is 1. The van der Waals surface area contributed by atoms with E-state index in [0.717, 1.165) is 10.2 Å². The average molecular weight is 488 g/mol.